The Hall–Kier alpha value is -0.820. The minimum atomic E-state index is -3.72. The number of piperazine rings is 1. The highest BCUT2D eigenvalue weighted by molar-refractivity contribution is 7.89. The summed E-state index contributed by atoms with van der Waals surface area (Å²) in [6.07, 6.45) is 1.60. The molecule has 1 heterocycles. The van der Waals surface area contributed by atoms with Gasteiger partial charge in [-0.05, 0) is 25.0 Å². The minimum Gasteiger partial charge on any atom is -0.340 e. The van der Waals surface area contributed by atoms with Crippen LogP contribution in [0.15, 0.2) is 23.1 Å². The average molecular weight is 393 g/mol. The van der Waals surface area contributed by atoms with Crippen molar-refractivity contribution in [3.05, 3.63) is 28.2 Å². The number of nitrogens with zero attached hydrogens (tertiary/aromatic N) is 2. The zero-order valence-corrected chi connectivity index (χ0v) is 16.2. The number of hydrogen-bond donors (Lipinski definition) is 0. The molecule has 0 spiro atoms. The van der Waals surface area contributed by atoms with E-state index in [1.54, 1.807) is 17.0 Å². The molecule has 134 valence electrons. The Kier molecular flexibility index (Phi) is 6.53. The molecule has 24 heavy (non-hydrogen) atoms. The van der Waals surface area contributed by atoms with E-state index in [-0.39, 0.29) is 39.9 Å². The van der Waals surface area contributed by atoms with E-state index in [0.29, 0.717) is 13.1 Å². The van der Waals surface area contributed by atoms with Gasteiger partial charge >= 0.3 is 0 Å². The van der Waals surface area contributed by atoms with Gasteiger partial charge in [0.1, 0.15) is 4.90 Å². The van der Waals surface area contributed by atoms with Crippen molar-refractivity contribution in [2.24, 2.45) is 5.92 Å². The van der Waals surface area contributed by atoms with Crippen LogP contribution in [0.5, 0.6) is 0 Å². The van der Waals surface area contributed by atoms with Crippen LogP contribution in [-0.2, 0) is 14.8 Å². The van der Waals surface area contributed by atoms with Crippen LogP contribution < -0.4 is 0 Å². The van der Waals surface area contributed by atoms with Gasteiger partial charge in [0.05, 0.1) is 10.0 Å². The fourth-order valence-electron chi connectivity index (χ4n) is 2.87. The van der Waals surface area contributed by atoms with Gasteiger partial charge in [-0.1, -0.05) is 43.1 Å². The van der Waals surface area contributed by atoms with Crippen molar-refractivity contribution in [1.29, 1.82) is 0 Å². The maximum absolute atomic E-state index is 12.8. The zero-order chi connectivity index (χ0) is 17.9. The first-order valence-corrected chi connectivity index (χ1v) is 10.3. The van der Waals surface area contributed by atoms with Crippen LogP contribution in [-0.4, -0.2) is 49.7 Å². The number of benzene rings is 1. The molecule has 1 aromatic rings. The summed E-state index contributed by atoms with van der Waals surface area (Å²) < 4.78 is 26.9. The van der Waals surface area contributed by atoms with E-state index in [1.807, 2.05) is 13.8 Å². The van der Waals surface area contributed by atoms with Gasteiger partial charge in [-0.2, -0.15) is 4.31 Å². The Morgan fingerprint density at radius 1 is 1.12 bits per heavy atom. The number of rotatable bonds is 5. The Labute approximate surface area is 153 Å². The lowest BCUT2D eigenvalue weighted by Crippen LogP contribution is -2.51. The summed E-state index contributed by atoms with van der Waals surface area (Å²) in [5, 5.41) is 0.245. The summed E-state index contributed by atoms with van der Waals surface area (Å²) in [7, 11) is -3.72. The van der Waals surface area contributed by atoms with E-state index < -0.39 is 10.0 Å². The molecule has 1 aliphatic heterocycles. The minimum absolute atomic E-state index is 0.00975. The summed E-state index contributed by atoms with van der Waals surface area (Å²) in [5.74, 6) is 0.119. The molecule has 0 aliphatic carbocycles. The quantitative estimate of drug-likeness (QED) is 0.772. The predicted molar refractivity (Wildman–Crippen MR) is 95.9 cm³/mol. The fraction of sp³-hybridized carbons (Fsp3) is 0.562. The van der Waals surface area contributed by atoms with Crippen molar-refractivity contribution in [2.45, 2.75) is 31.6 Å². The standard InChI is InChI=1S/C16H22Cl2N2O3S/c1-3-12(4-2)16(21)19-8-10-20(11-9-19)24(22,23)14-7-5-6-13(17)15(14)18/h5-7,12H,3-4,8-11H2,1-2H3. The van der Waals surface area contributed by atoms with Crippen LogP contribution in [0, 0.1) is 5.92 Å². The summed E-state index contributed by atoms with van der Waals surface area (Å²) in [6.45, 7) is 5.30. The monoisotopic (exact) mass is 392 g/mol. The van der Waals surface area contributed by atoms with E-state index in [9.17, 15) is 13.2 Å². The molecule has 2 rings (SSSR count). The first kappa shape index (κ1) is 19.5. The molecule has 1 amide bonds. The van der Waals surface area contributed by atoms with Crippen LogP contribution in [0.4, 0.5) is 0 Å². The Morgan fingerprint density at radius 3 is 2.25 bits per heavy atom. The highest BCUT2D eigenvalue weighted by atomic mass is 35.5. The number of halogens is 2. The number of hydrogen-bond acceptors (Lipinski definition) is 3. The molecule has 0 bridgehead atoms. The van der Waals surface area contributed by atoms with Gasteiger partial charge in [-0.15, -0.1) is 0 Å². The number of carbonyl (C=O) groups is 1. The van der Waals surface area contributed by atoms with Gasteiger partial charge in [0.25, 0.3) is 0 Å². The topological polar surface area (TPSA) is 57.7 Å². The van der Waals surface area contributed by atoms with Gasteiger partial charge in [0.2, 0.25) is 15.9 Å². The molecule has 1 saturated heterocycles. The van der Waals surface area contributed by atoms with Gasteiger partial charge in [-0.3, -0.25) is 4.79 Å². The maximum atomic E-state index is 12.8. The van der Waals surface area contributed by atoms with Gasteiger partial charge in [-0.25, -0.2) is 8.42 Å². The number of sulfonamides is 1. The van der Waals surface area contributed by atoms with Crippen molar-refractivity contribution in [3.8, 4) is 0 Å². The Morgan fingerprint density at radius 2 is 1.71 bits per heavy atom. The number of amides is 1. The van der Waals surface area contributed by atoms with E-state index in [4.69, 9.17) is 23.2 Å². The summed E-state index contributed by atoms with van der Waals surface area (Å²) in [6, 6.07) is 4.56. The summed E-state index contributed by atoms with van der Waals surface area (Å²) >= 11 is 12.0. The second-order valence-electron chi connectivity index (χ2n) is 5.79. The summed E-state index contributed by atoms with van der Waals surface area (Å²) in [4.78, 5) is 14.2. The second kappa shape index (κ2) is 8.04. The highest BCUT2D eigenvalue weighted by Gasteiger charge is 2.33. The highest BCUT2D eigenvalue weighted by Crippen LogP contribution is 2.31. The van der Waals surface area contributed by atoms with Crippen LogP contribution in [0.1, 0.15) is 26.7 Å². The molecule has 8 heteroatoms. The molecule has 0 unspecified atom stereocenters. The predicted octanol–water partition coefficient (Wildman–Crippen LogP) is 3.26. The molecule has 1 fully saturated rings. The van der Waals surface area contributed by atoms with Crippen molar-refractivity contribution in [2.75, 3.05) is 26.2 Å². The van der Waals surface area contributed by atoms with Crippen LogP contribution in [0.2, 0.25) is 10.0 Å². The third kappa shape index (κ3) is 3.87. The Balaban J connectivity index is 2.11. The Bertz CT molecular complexity index is 697. The van der Waals surface area contributed by atoms with E-state index in [0.717, 1.165) is 12.8 Å². The first-order chi connectivity index (χ1) is 11.3. The smallest absolute Gasteiger partial charge is 0.244 e. The first-order valence-electron chi connectivity index (χ1n) is 8.05. The van der Waals surface area contributed by atoms with Crippen molar-refractivity contribution in [3.63, 3.8) is 0 Å². The van der Waals surface area contributed by atoms with Crippen molar-refractivity contribution >= 4 is 39.1 Å². The molecule has 0 N–H and O–H groups in total. The SMILES string of the molecule is CCC(CC)C(=O)N1CCN(S(=O)(=O)c2cccc(Cl)c2Cl)CC1. The third-order valence-electron chi connectivity index (χ3n) is 4.42. The fourth-order valence-corrected chi connectivity index (χ4v) is 5.03. The zero-order valence-electron chi connectivity index (χ0n) is 13.8. The molecular formula is C16H22Cl2N2O3S. The summed E-state index contributed by atoms with van der Waals surface area (Å²) in [5.41, 5.74) is 0. The maximum Gasteiger partial charge on any atom is 0.244 e. The normalized spacial score (nSPS) is 16.6. The van der Waals surface area contributed by atoms with Crippen molar-refractivity contribution in [1.82, 2.24) is 9.21 Å². The van der Waals surface area contributed by atoms with Crippen LogP contribution >= 0.6 is 23.2 Å². The lowest BCUT2D eigenvalue weighted by atomic mass is 10.0. The number of carbonyl (C=O) groups excluding carboxylic acids is 1. The molecule has 0 radical (unpaired) electrons. The van der Waals surface area contributed by atoms with E-state index in [1.165, 1.54) is 10.4 Å². The second-order valence-corrected chi connectivity index (χ2v) is 8.49. The van der Waals surface area contributed by atoms with Crippen molar-refractivity contribution < 1.29 is 13.2 Å². The third-order valence-corrected chi connectivity index (χ3v) is 7.29. The molecule has 5 nitrogen and oxygen atoms in total. The molecule has 0 atom stereocenters. The molecular weight excluding hydrogens is 371 g/mol. The van der Waals surface area contributed by atoms with Crippen LogP contribution in [0.3, 0.4) is 0 Å². The molecule has 1 aliphatic rings. The molecule has 1 aromatic carbocycles. The average Bonchev–Trinajstić information content (AvgIpc) is 2.58. The lowest BCUT2D eigenvalue weighted by Gasteiger charge is -2.35. The van der Waals surface area contributed by atoms with E-state index in [2.05, 4.69) is 0 Å². The van der Waals surface area contributed by atoms with Gasteiger partial charge in [0, 0.05) is 32.1 Å². The van der Waals surface area contributed by atoms with Gasteiger partial charge < -0.3 is 4.90 Å². The lowest BCUT2D eigenvalue weighted by molar-refractivity contribution is -0.136. The van der Waals surface area contributed by atoms with Crippen LogP contribution in [0.25, 0.3) is 0 Å². The van der Waals surface area contributed by atoms with Gasteiger partial charge in [0.15, 0.2) is 0 Å². The molecule has 0 aromatic heterocycles. The molecule has 0 saturated carbocycles. The largest absolute Gasteiger partial charge is 0.340 e. The van der Waals surface area contributed by atoms with E-state index >= 15 is 0 Å².